The molecule has 0 saturated carbocycles. The lowest BCUT2D eigenvalue weighted by atomic mass is 9.90. The Hall–Kier alpha value is 0.120. The first-order valence-electron chi connectivity index (χ1n) is 7.14. The Labute approximate surface area is 122 Å². The topological polar surface area (TPSA) is 52.7 Å². The minimum Gasteiger partial charge on any atom is -0.316 e. The Morgan fingerprint density at radius 2 is 1.58 bits per heavy atom. The molecule has 3 aliphatic rings. The number of fused-ring (bicyclic) bond motifs is 1. The lowest BCUT2D eigenvalue weighted by Crippen LogP contribution is -2.51. The van der Waals surface area contributed by atoms with Gasteiger partial charge in [-0.05, 0) is 44.2 Å². The standard InChI is InChI=1S/C12H23N3O2S.ClH/c16-18(17,14-5-2-1-3-6-14)15-7-4-11-8-13-9-12(11)10-15;/h11-13H,1-10H2;1H. The van der Waals surface area contributed by atoms with E-state index in [-0.39, 0.29) is 12.4 Å². The first-order chi connectivity index (χ1) is 8.68. The Bertz CT molecular complexity index is 398. The number of hydrogen-bond donors (Lipinski definition) is 1. The zero-order valence-corrected chi connectivity index (χ0v) is 12.9. The molecule has 3 rings (SSSR count). The summed E-state index contributed by atoms with van der Waals surface area (Å²) in [5.74, 6) is 1.22. The number of rotatable bonds is 2. The molecule has 0 aromatic rings. The number of piperidine rings is 2. The van der Waals surface area contributed by atoms with Gasteiger partial charge in [-0.2, -0.15) is 17.0 Å². The minimum atomic E-state index is -3.18. The van der Waals surface area contributed by atoms with E-state index in [1.54, 1.807) is 8.61 Å². The first-order valence-corrected chi connectivity index (χ1v) is 8.53. The molecule has 0 aliphatic carbocycles. The summed E-state index contributed by atoms with van der Waals surface area (Å²) in [7, 11) is -3.18. The first kappa shape index (κ1) is 15.5. The molecule has 0 radical (unpaired) electrons. The number of hydrogen-bond acceptors (Lipinski definition) is 3. The van der Waals surface area contributed by atoms with E-state index >= 15 is 0 Å². The summed E-state index contributed by atoms with van der Waals surface area (Å²) in [5.41, 5.74) is 0. The van der Waals surface area contributed by atoms with E-state index in [0.29, 0.717) is 31.5 Å². The average Bonchev–Trinajstić information content (AvgIpc) is 2.87. The van der Waals surface area contributed by atoms with Gasteiger partial charge in [-0.25, -0.2) is 0 Å². The van der Waals surface area contributed by atoms with Crippen molar-refractivity contribution in [3.8, 4) is 0 Å². The smallest absolute Gasteiger partial charge is 0.281 e. The van der Waals surface area contributed by atoms with E-state index < -0.39 is 10.2 Å². The molecule has 0 spiro atoms. The van der Waals surface area contributed by atoms with Gasteiger partial charge in [-0.1, -0.05) is 6.42 Å². The Balaban J connectivity index is 0.00000133. The highest BCUT2D eigenvalue weighted by Crippen LogP contribution is 2.29. The molecule has 112 valence electrons. The van der Waals surface area contributed by atoms with Gasteiger partial charge in [0.15, 0.2) is 0 Å². The van der Waals surface area contributed by atoms with Crippen LogP contribution in [0.5, 0.6) is 0 Å². The van der Waals surface area contributed by atoms with E-state index in [1.165, 1.54) is 6.42 Å². The maximum Gasteiger partial charge on any atom is 0.281 e. The van der Waals surface area contributed by atoms with E-state index in [9.17, 15) is 8.42 Å². The molecule has 2 unspecified atom stereocenters. The number of nitrogens with one attached hydrogen (secondary N) is 1. The van der Waals surface area contributed by atoms with Crippen molar-refractivity contribution in [1.82, 2.24) is 13.9 Å². The van der Waals surface area contributed by atoms with Crippen LogP contribution in [0.2, 0.25) is 0 Å². The van der Waals surface area contributed by atoms with Gasteiger partial charge in [0, 0.05) is 26.2 Å². The highest BCUT2D eigenvalue weighted by Gasteiger charge is 2.39. The van der Waals surface area contributed by atoms with Gasteiger partial charge in [0.25, 0.3) is 10.2 Å². The van der Waals surface area contributed by atoms with Gasteiger partial charge in [0.05, 0.1) is 0 Å². The van der Waals surface area contributed by atoms with Crippen molar-refractivity contribution in [3.63, 3.8) is 0 Å². The van der Waals surface area contributed by atoms with E-state index in [4.69, 9.17) is 0 Å². The molecule has 1 N–H and O–H groups in total. The second kappa shape index (κ2) is 6.26. The molecule has 2 atom stereocenters. The van der Waals surface area contributed by atoms with Gasteiger partial charge in [0.2, 0.25) is 0 Å². The summed E-state index contributed by atoms with van der Waals surface area (Å²) in [6.45, 7) is 4.91. The van der Waals surface area contributed by atoms with Crippen LogP contribution in [0.4, 0.5) is 0 Å². The number of halogens is 1. The summed E-state index contributed by atoms with van der Waals surface area (Å²) >= 11 is 0. The summed E-state index contributed by atoms with van der Waals surface area (Å²) in [4.78, 5) is 0. The Morgan fingerprint density at radius 3 is 2.32 bits per heavy atom. The highest BCUT2D eigenvalue weighted by molar-refractivity contribution is 7.86. The normalized spacial score (nSPS) is 33.7. The van der Waals surface area contributed by atoms with Gasteiger partial charge < -0.3 is 5.32 Å². The quantitative estimate of drug-likeness (QED) is 0.816. The molecule has 5 nitrogen and oxygen atoms in total. The predicted octanol–water partition coefficient (Wildman–Crippen LogP) is 0.680. The van der Waals surface area contributed by atoms with Gasteiger partial charge >= 0.3 is 0 Å². The van der Waals surface area contributed by atoms with Crippen LogP contribution in [0.25, 0.3) is 0 Å². The monoisotopic (exact) mass is 309 g/mol. The molecule has 3 fully saturated rings. The second-order valence-corrected chi connectivity index (χ2v) is 7.72. The third-order valence-corrected chi connectivity index (χ3v) is 6.64. The van der Waals surface area contributed by atoms with Crippen LogP contribution in [-0.4, -0.2) is 56.3 Å². The molecule has 0 amide bonds. The third kappa shape index (κ3) is 3.08. The van der Waals surface area contributed by atoms with E-state index in [0.717, 1.165) is 38.9 Å². The van der Waals surface area contributed by atoms with Crippen molar-refractivity contribution in [2.45, 2.75) is 25.7 Å². The van der Waals surface area contributed by atoms with Crippen LogP contribution in [0.15, 0.2) is 0 Å². The highest BCUT2D eigenvalue weighted by atomic mass is 35.5. The second-order valence-electron chi connectivity index (χ2n) is 5.79. The number of nitrogens with zero attached hydrogens (tertiary/aromatic N) is 2. The van der Waals surface area contributed by atoms with Gasteiger partial charge in [-0.15, -0.1) is 12.4 Å². The Kier molecular flexibility index (Phi) is 5.11. The van der Waals surface area contributed by atoms with E-state index in [2.05, 4.69) is 5.32 Å². The van der Waals surface area contributed by atoms with Gasteiger partial charge in [-0.3, -0.25) is 0 Å². The van der Waals surface area contributed by atoms with Crippen LogP contribution >= 0.6 is 12.4 Å². The van der Waals surface area contributed by atoms with Crippen molar-refractivity contribution in [2.24, 2.45) is 11.8 Å². The maximum atomic E-state index is 12.6. The zero-order chi connectivity index (χ0) is 12.6. The SMILES string of the molecule is Cl.O=S(=O)(N1CCCCC1)N1CCC2CNCC2C1. The molecular weight excluding hydrogens is 286 g/mol. The molecule has 3 heterocycles. The summed E-state index contributed by atoms with van der Waals surface area (Å²) < 4.78 is 28.5. The van der Waals surface area contributed by atoms with Crippen molar-refractivity contribution < 1.29 is 8.42 Å². The fraction of sp³-hybridized carbons (Fsp3) is 1.00. The predicted molar refractivity (Wildman–Crippen MR) is 77.6 cm³/mol. The third-order valence-electron chi connectivity index (χ3n) is 4.63. The van der Waals surface area contributed by atoms with E-state index in [1.807, 2.05) is 0 Å². The zero-order valence-electron chi connectivity index (χ0n) is 11.3. The van der Waals surface area contributed by atoms with Crippen molar-refractivity contribution in [1.29, 1.82) is 0 Å². The fourth-order valence-corrected chi connectivity index (χ4v) is 5.23. The lowest BCUT2D eigenvalue weighted by molar-refractivity contribution is 0.209. The molecule has 0 aromatic heterocycles. The molecule has 3 saturated heterocycles. The van der Waals surface area contributed by atoms with Gasteiger partial charge in [0.1, 0.15) is 0 Å². The van der Waals surface area contributed by atoms with Crippen molar-refractivity contribution >= 4 is 22.6 Å². The minimum absolute atomic E-state index is 0. The molecule has 3 aliphatic heterocycles. The van der Waals surface area contributed by atoms with Crippen LogP contribution < -0.4 is 5.32 Å². The van der Waals surface area contributed by atoms with Crippen LogP contribution in [-0.2, 0) is 10.2 Å². The average molecular weight is 310 g/mol. The summed E-state index contributed by atoms with van der Waals surface area (Å²) in [6, 6.07) is 0. The Morgan fingerprint density at radius 1 is 0.895 bits per heavy atom. The molecule has 7 heteroatoms. The van der Waals surface area contributed by atoms with Crippen molar-refractivity contribution in [2.75, 3.05) is 39.3 Å². The summed E-state index contributed by atoms with van der Waals surface area (Å²) in [5, 5.41) is 3.38. The lowest BCUT2D eigenvalue weighted by Gasteiger charge is -2.37. The molecule has 0 aromatic carbocycles. The molecular formula is C12H24ClN3O2S. The fourth-order valence-electron chi connectivity index (χ4n) is 3.47. The maximum absolute atomic E-state index is 12.6. The van der Waals surface area contributed by atoms with Crippen LogP contribution in [0.1, 0.15) is 25.7 Å². The van der Waals surface area contributed by atoms with Crippen LogP contribution in [0.3, 0.4) is 0 Å². The van der Waals surface area contributed by atoms with Crippen LogP contribution in [0, 0.1) is 11.8 Å². The molecule has 19 heavy (non-hydrogen) atoms. The summed E-state index contributed by atoms with van der Waals surface area (Å²) in [6.07, 6.45) is 4.22. The largest absolute Gasteiger partial charge is 0.316 e. The molecule has 0 bridgehead atoms. The van der Waals surface area contributed by atoms with Crippen molar-refractivity contribution in [3.05, 3.63) is 0 Å².